The molecule has 0 aliphatic heterocycles. The predicted molar refractivity (Wildman–Crippen MR) is 55.6 cm³/mol. The molecule has 0 spiro atoms. The zero-order chi connectivity index (χ0) is 9.84. The van der Waals surface area contributed by atoms with Gasteiger partial charge in [0.15, 0.2) is 0 Å². The molecule has 1 aliphatic carbocycles. The lowest BCUT2D eigenvalue weighted by Crippen LogP contribution is -2.16. The standard InChI is InChI=1S/C12H20O/c1-9(2)12(13)8-11-6-4-10(3)5-7-11/h9,11H,3-8H2,1-2H3. The van der Waals surface area contributed by atoms with Crippen molar-refractivity contribution in [3.8, 4) is 0 Å². The van der Waals surface area contributed by atoms with E-state index >= 15 is 0 Å². The Bertz CT molecular complexity index is 193. The number of carbonyl (C=O) groups excluding carboxylic acids is 1. The van der Waals surface area contributed by atoms with Crippen molar-refractivity contribution in [1.82, 2.24) is 0 Å². The molecule has 0 unspecified atom stereocenters. The Hall–Kier alpha value is -0.590. The molecule has 1 fully saturated rings. The Balaban J connectivity index is 2.30. The second-order valence-electron chi connectivity index (χ2n) is 4.52. The molecule has 1 nitrogen and oxygen atoms in total. The van der Waals surface area contributed by atoms with Crippen molar-refractivity contribution >= 4 is 5.78 Å². The molecule has 0 heterocycles. The Labute approximate surface area is 81.2 Å². The third-order valence-corrected chi connectivity index (χ3v) is 2.95. The van der Waals surface area contributed by atoms with E-state index in [-0.39, 0.29) is 5.92 Å². The minimum Gasteiger partial charge on any atom is -0.299 e. The van der Waals surface area contributed by atoms with Gasteiger partial charge in [0.05, 0.1) is 0 Å². The van der Waals surface area contributed by atoms with Crippen LogP contribution in [0.15, 0.2) is 12.2 Å². The van der Waals surface area contributed by atoms with Gasteiger partial charge in [0.25, 0.3) is 0 Å². The highest BCUT2D eigenvalue weighted by Crippen LogP contribution is 2.29. The fourth-order valence-corrected chi connectivity index (χ4v) is 1.81. The van der Waals surface area contributed by atoms with Gasteiger partial charge in [0.1, 0.15) is 5.78 Å². The first-order chi connectivity index (χ1) is 6.09. The van der Waals surface area contributed by atoms with Crippen molar-refractivity contribution in [3.63, 3.8) is 0 Å². The van der Waals surface area contributed by atoms with E-state index in [1.165, 1.54) is 18.4 Å². The smallest absolute Gasteiger partial charge is 0.135 e. The summed E-state index contributed by atoms with van der Waals surface area (Å²) in [6, 6.07) is 0. The van der Waals surface area contributed by atoms with Crippen molar-refractivity contribution < 1.29 is 4.79 Å². The molecule has 0 radical (unpaired) electrons. The summed E-state index contributed by atoms with van der Waals surface area (Å²) in [6.07, 6.45) is 5.42. The van der Waals surface area contributed by atoms with Crippen LogP contribution in [0.5, 0.6) is 0 Å². The van der Waals surface area contributed by atoms with Gasteiger partial charge in [-0.05, 0) is 31.6 Å². The molecule has 1 rings (SSSR count). The van der Waals surface area contributed by atoms with Gasteiger partial charge in [-0.3, -0.25) is 4.79 Å². The molecule has 0 aromatic heterocycles. The molecular formula is C12H20O. The number of hydrogen-bond acceptors (Lipinski definition) is 1. The Kier molecular flexibility index (Phi) is 3.71. The van der Waals surface area contributed by atoms with Gasteiger partial charge in [-0.15, -0.1) is 0 Å². The predicted octanol–water partition coefficient (Wildman–Crippen LogP) is 3.35. The average molecular weight is 180 g/mol. The molecular weight excluding hydrogens is 160 g/mol. The van der Waals surface area contributed by atoms with Crippen LogP contribution in [0.2, 0.25) is 0 Å². The van der Waals surface area contributed by atoms with E-state index < -0.39 is 0 Å². The van der Waals surface area contributed by atoms with E-state index in [1.807, 2.05) is 13.8 Å². The summed E-state index contributed by atoms with van der Waals surface area (Å²) in [5.41, 5.74) is 1.37. The molecule has 0 saturated heterocycles. The maximum Gasteiger partial charge on any atom is 0.135 e. The normalized spacial score (nSPS) is 19.5. The van der Waals surface area contributed by atoms with Gasteiger partial charge in [-0.2, -0.15) is 0 Å². The summed E-state index contributed by atoms with van der Waals surface area (Å²) in [6.45, 7) is 7.96. The molecule has 0 N–H and O–H groups in total. The number of carbonyl (C=O) groups is 1. The van der Waals surface area contributed by atoms with E-state index in [0.29, 0.717) is 11.7 Å². The van der Waals surface area contributed by atoms with Crippen LogP contribution >= 0.6 is 0 Å². The highest BCUT2D eigenvalue weighted by molar-refractivity contribution is 5.80. The van der Waals surface area contributed by atoms with Gasteiger partial charge in [-0.1, -0.05) is 26.0 Å². The van der Waals surface area contributed by atoms with Crippen molar-refractivity contribution in [2.75, 3.05) is 0 Å². The Morgan fingerprint density at radius 1 is 1.46 bits per heavy atom. The highest BCUT2D eigenvalue weighted by atomic mass is 16.1. The molecule has 0 atom stereocenters. The van der Waals surface area contributed by atoms with E-state index in [2.05, 4.69) is 6.58 Å². The van der Waals surface area contributed by atoms with E-state index in [1.54, 1.807) is 0 Å². The zero-order valence-electron chi connectivity index (χ0n) is 8.81. The zero-order valence-corrected chi connectivity index (χ0v) is 8.81. The second kappa shape index (κ2) is 4.59. The fourth-order valence-electron chi connectivity index (χ4n) is 1.81. The maximum atomic E-state index is 11.5. The lowest BCUT2D eigenvalue weighted by molar-refractivity contribution is -0.123. The fraction of sp³-hybridized carbons (Fsp3) is 0.750. The monoisotopic (exact) mass is 180 g/mol. The molecule has 74 valence electrons. The number of ketones is 1. The van der Waals surface area contributed by atoms with Crippen LogP contribution < -0.4 is 0 Å². The second-order valence-corrected chi connectivity index (χ2v) is 4.52. The third kappa shape index (κ3) is 3.33. The number of hydrogen-bond donors (Lipinski definition) is 0. The summed E-state index contributed by atoms with van der Waals surface area (Å²) >= 11 is 0. The van der Waals surface area contributed by atoms with Crippen molar-refractivity contribution in [2.24, 2.45) is 11.8 Å². The van der Waals surface area contributed by atoms with Crippen LogP contribution in [-0.2, 0) is 4.79 Å². The first-order valence-electron chi connectivity index (χ1n) is 5.29. The SMILES string of the molecule is C=C1CCC(CC(=O)C(C)C)CC1. The average Bonchev–Trinajstić information content (AvgIpc) is 2.08. The largest absolute Gasteiger partial charge is 0.299 e. The number of rotatable bonds is 3. The molecule has 1 saturated carbocycles. The molecule has 0 aromatic carbocycles. The van der Waals surface area contributed by atoms with E-state index in [9.17, 15) is 4.79 Å². The first kappa shape index (κ1) is 10.5. The minimum atomic E-state index is 0.213. The van der Waals surface area contributed by atoms with Crippen LogP contribution in [0.1, 0.15) is 46.0 Å². The summed E-state index contributed by atoms with van der Waals surface area (Å²) in [4.78, 5) is 11.5. The molecule has 0 amide bonds. The van der Waals surface area contributed by atoms with Gasteiger partial charge in [0, 0.05) is 12.3 Å². The van der Waals surface area contributed by atoms with Crippen molar-refractivity contribution in [3.05, 3.63) is 12.2 Å². The molecule has 0 aromatic rings. The van der Waals surface area contributed by atoms with Crippen LogP contribution in [-0.4, -0.2) is 5.78 Å². The summed E-state index contributed by atoms with van der Waals surface area (Å²) in [7, 11) is 0. The Morgan fingerprint density at radius 3 is 2.46 bits per heavy atom. The highest BCUT2D eigenvalue weighted by Gasteiger charge is 2.19. The number of Topliss-reactive ketones (excluding diaryl/α,β-unsaturated/α-hetero) is 1. The molecule has 0 bridgehead atoms. The Morgan fingerprint density at radius 2 is 2.00 bits per heavy atom. The number of allylic oxidation sites excluding steroid dienone is 1. The lowest BCUT2D eigenvalue weighted by atomic mass is 9.82. The minimum absolute atomic E-state index is 0.213. The first-order valence-corrected chi connectivity index (χ1v) is 5.29. The van der Waals surface area contributed by atoms with Crippen LogP contribution in [0.3, 0.4) is 0 Å². The quantitative estimate of drug-likeness (QED) is 0.609. The van der Waals surface area contributed by atoms with Crippen molar-refractivity contribution in [1.29, 1.82) is 0 Å². The third-order valence-electron chi connectivity index (χ3n) is 2.95. The summed E-state index contributed by atoms with van der Waals surface area (Å²) in [5.74, 6) is 1.28. The van der Waals surface area contributed by atoms with E-state index in [0.717, 1.165) is 19.3 Å². The molecule has 13 heavy (non-hydrogen) atoms. The molecule has 1 aliphatic rings. The van der Waals surface area contributed by atoms with Crippen LogP contribution in [0.25, 0.3) is 0 Å². The van der Waals surface area contributed by atoms with Gasteiger partial charge < -0.3 is 0 Å². The van der Waals surface area contributed by atoms with Crippen LogP contribution in [0, 0.1) is 11.8 Å². The van der Waals surface area contributed by atoms with Gasteiger partial charge >= 0.3 is 0 Å². The topological polar surface area (TPSA) is 17.1 Å². The summed E-state index contributed by atoms with van der Waals surface area (Å²) in [5, 5.41) is 0. The van der Waals surface area contributed by atoms with Gasteiger partial charge in [0.2, 0.25) is 0 Å². The molecule has 1 heteroatoms. The van der Waals surface area contributed by atoms with Gasteiger partial charge in [-0.25, -0.2) is 0 Å². The maximum absolute atomic E-state index is 11.5. The lowest BCUT2D eigenvalue weighted by Gasteiger charge is -2.23. The van der Waals surface area contributed by atoms with Crippen molar-refractivity contribution in [2.45, 2.75) is 46.0 Å². The van der Waals surface area contributed by atoms with E-state index in [4.69, 9.17) is 0 Å². The van der Waals surface area contributed by atoms with Crippen LogP contribution in [0.4, 0.5) is 0 Å². The summed E-state index contributed by atoms with van der Waals surface area (Å²) < 4.78 is 0.